The fourth-order valence-corrected chi connectivity index (χ4v) is 2.90. The quantitative estimate of drug-likeness (QED) is 0.740. The summed E-state index contributed by atoms with van der Waals surface area (Å²) in [7, 11) is 0. The fraction of sp³-hybridized carbons (Fsp3) is 0.800. The Labute approximate surface area is 125 Å². The molecule has 1 saturated carbocycles. The van der Waals surface area contributed by atoms with Crippen molar-refractivity contribution >= 4 is 17.8 Å². The summed E-state index contributed by atoms with van der Waals surface area (Å²) in [6.45, 7) is 5.43. The number of hydrogen-bond acceptors (Lipinski definition) is 3. The number of hydrogen-bond donors (Lipinski definition) is 2. The second-order valence-corrected chi connectivity index (χ2v) is 5.44. The van der Waals surface area contributed by atoms with Gasteiger partial charge in [0.2, 0.25) is 11.8 Å². The molecule has 0 aromatic carbocycles. The minimum absolute atomic E-state index is 0.0127. The van der Waals surface area contributed by atoms with Gasteiger partial charge in [0.05, 0.1) is 11.8 Å². The Hall–Kier alpha value is -1.59. The Morgan fingerprint density at radius 1 is 1.10 bits per heavy atom. The van der Waals surface area contributed by atoms with Gasteiger partial charge in [-0.3, -0.25) is 14.4 Å². The van der Waals surface area contributed by atoms with Crippen LogP contribution in [0.1, 0.15) is 46.0 Å². The lowest BCUT2D eigenvalue weighted by atomic mass is 9.78. The molecule has 2 atom stereocenters. The molecular weight excluding hydrogens is 272 g/mol. The molecule has 0 aromatic rings. The molecule has 21 heavy (non-hydrogen) atoms. The number of carboxylic acids is 1. The molecule has 0 aromatic heterocycles. The van der Waals surface area contributed by atoms with Gasteiger partial charge in [-0.25, -0.2) is 0 Å². The highest BCUT2D eigenvalue weighted by atomic mass is 16.4. The topological polar surface area (TPSA) is 86.7 Å². The maximum atomic E-state index is 12.1. The zero-order valence-electron chi connectivity index (χ0n) is 12.9. The summed E-state index contributed by atoms with van der Waals surface area (Å²) in [5.74, 6) is -2.15. The Balaban J connectivity index is 2.42. The van der Waals surface area contributed by atoms with E-state index >= 15 is 0 Å². The minimum Gasteiger partial charge on any atom is -0.481 e. The molecule has 0 bridgehead atoms. The highest BCUT2D eigenvalue weighted by Crippen LogP contribution is 2.30. The first-order chi connectivity index (χ1) is 10.0. The van der Waals surface area contributed by atoms with Crippen LogP contribution in [0.2, 0.25) is 0 Å². The number of rotatable bonds is 7. The van der Waals surface area contributed by atoms with E-state index in [9.17, 15) is 14.4 Å². The van der Waals surface area contributed by atoms with Crippen molar-refractivity contribution in [3.63, 3.8) is 0 Å². The average molecular weight is 298 g/mol. The van der Waals surface area contributed by atoms with Crippen molar-refractivity contribution in [2.45, 2.75) is 46.0 Å². The fourth-order valence-electron chi connectivity index (χ4n) is 2.90. The molecule has 0 spiro atoms. The van der Waals surface area contributed by atoms with Gasteiger partial charge in [0.15, 0.2) is 0 Å². The van der Waals surface area contributed by atoms with Gasteiger partial charge in [-0.05, 0) is 26.7 Å². The van der Waals surface area contributed by atoms with Crippen molar-refractivity contribution in [1.29, 1.82) is 0 Å². The van der Waals surface area contributed by atoms with E-state index in [-0.39, 0.29) is 24.8 Å². The lowest BCUT2D eigenvalue weighted by Gasteiger charge is -2.27. The lowest BCUT2D eigenvalue weighted by molar-refractivity contribution is -0.149. The van der Waals surface area contributed by atoms with E-state index < -0.39 is 17.8 Å². The number of aliphatic carboxylic acids is 1. The SMILES string of the molecule is CCN(CC)C(=O)CCNC(=O)[C@@H]1CCCC[C@@H]1C(=O)O. The van der Waals surface area contributed by atoms with Crippen molar-refractivity contribution in [2.24, 2.45) is 11.8 Å². The van der Waals surface area contributed by atoms with Crippen molar-refractivity contribution in [3.8, 4) is 0 Å². The number of carboxylic acid groups (broad SMARTS) is 1. The molecule has 0 aliphatic heterocycles. The molecule has 2 N–H and O–H groups in total. The van der Waals surface area contributed by atoms with Gasteiger partial charge >= 0.3 is 5.97 Å². The van der Waals surface area contributed by atoms with E-state index in [1.807, 2.05) is 13.8 Å². The summed E-state index contributed by atoms with van der Waals surface area (Å²) in [4.78, 5) is 36.8. The van der Waals surface area contributed by atoms with Gasteiger partial charge in [0.25, 0.3) is 0 Å². The summed E-state index contributed by atoms with van der Waals surface area (Å²) in [6.07, 6.45) is 3.19. The van der Waals surface area contributed by atoms with Crippen LogP contribution in [0.15, 0.2) is 0 Å². The second-order valence-electron chi connectivity index (χ2n) is 5.44. The summed E-state index contributed by atoms with van der Waals surface area (Å²) in [5, 5.41) is 11.9. The maximum absolute atomic E-state index is 12.1. The van der Waals surface area contributed by atoms with Crippen molar-refractivity contribution in [3.05, 3.63) is 0 Å². The van der Waals surface area contributed by atoms with Crippen LogP contribution in [0, 0.1) is 11.8 Å². The first kappa shape index (κ1) is 17.5. The molecule has 0 saturated heterocycles. The van der Waals surface area contributed by atoms with Crippen molar-refractivity contribution in [1.82, 2.24) is 10.2 Å². The number of amides is 2. The van der Waals surface area contributed by atoms with Gasteiger partial charge in [-0.2, -0.15) is 0 Å². The third kappa shape index (κ3) is 5.02. The van der Waals surface area contributed by atoms with Gasteiger partial charge in [-0.15, -0.1) is 0 Å². The lowest BCUT2D eigenvalue weighted by Crippen LogP contribution is -2.41. The van der Waals surface area contributed by atoms with Gasteiger partial charge < -0.3 is 15.3 Å². The second kappa shape index (κ2) is 8.64. The highest BCUT2D eigenvalue weighted by molar-refractivity contribution is 5.85. The number of nitrogens with zero attached hydrogens (tertiary/aromatic N) is 1. The van der Waals surface area contributed by atoms with Crippen LogP contribution in [0.3, 0.4) is 0 Å². The van der Waals surface area contributed by atoms with Gasteiger partial charge in [-0.1, -0.05) is 12.8 Å². The molecule has 0 heterocycles. The summed E-state index contributed by atoms with van der Waals surface area (Å²) in [5.41, 5.74) is 0. The highest BCUT2D eigenvalue weighted by Gasteiger charge is 2.35. The Bertz CT molecular complexity index is 380. The van der Waals surface area contributed by atoms with E-state index in [2.05, 4.69) is 5.32 Å². The third-order valence-electron chi connectivity index (χ3n) is 4.17. The van der Waals surface area contributed by atoms with Crippen LogP contribution in [-0.2, 0) is 14.4 Å². The molecule has 6 heteroatoms. The Morgan fingerprint density at radius 2 is 1.67 bits per heavy atom. The normalized spacial score (nSPS) is 21.6. The summed E-state index contributed by atoms with van der Waals surface area (Å²) >= 11 is 0. The summed E-state index contributed by atoms with van der Waals surface area (Å²) < 4.78 is 0. The van der Waals surface area contributed by atoms with E-state index in [0.717, 1.165) is 12.8 Å². The molecule has 1 fully saturated rings. The standard InChI is InChI=1S/C15H26N2O4/c1-3-17(4-2)13(18)9-10-16-14(19)11-7-5-6-8-12(11)15(20)21/h11-12H,3-10H2,1-2H3,(H,16,19)(H,20,21)/t11-,12+/m1/s1. The zero-order valence-corrected chi connectivity index (χ0v) is 12.9. The predicted octanol–water partition coefficient (Wildman–Crippen LogP) is 1.25. The van der Waals surface area contributed by atoms with Crippen molar-refractivity contribution in [2.75, 3.05) is 19.6 Å². The van der Waals surface area contributed by atoms with E-state index in [0.29, 0.717) is 25.9 Å². The van der Waals surface area contributed by atoms with Crippen LogP contribution in [0.25, 0.3) is 0 Å². The first-order valence-corrected chi connectivity index (χ1v) is 7.79. The molecular formula is C15H26N2O4. The number of carbonyl (C=O) groups excluding carboxylic acids is 2. The smallest absolute Gasteiger partial charge is 0.307 e. The molecule has 0 unspecified atom stereocenters. The maximum Gasteiger partial charge on any atom is 0.307 e. The van der Waals surface area contributed by atoms with E-state index in [1.54, 1.807) is 4.90 Å². The molecule has 2 amide bonds. The minimum atomic E-state index is -0.894. The van der Waals surface area contributed by atoms with Gasteiger partial charge in [0.1, 0.15) is 0 Å². The molecule has 6 nitrogen and oxygen atoms in total. The van der Waals surface area contributed by atoms with Crippen LogP contribution >= 0.6 is 0 Å². The first-order valence-electron chi connectivity index (χ1n) is 7.79. The van der Waals surface area contributed by atoms with Gasteiger partial charge in [0, 0.05) is 26.1 Å². The summed E-state index contributed by atoms with van der Waals surface area (Å²) in [6, 6.07) is 0. The Kier molecular flexibility index (Phi) is 7.19. The van der Waals surface area contributed by atoms with Crippen LogP contribution in [0.5, 0.6) is 0 Å². The molecule has 1 aliphatic rings. The average Bonchev–Trinajstić information content (AvgIpc) is 2.48. The third-order valence-corrected chi connectivity index (χ3v) is 4.17. The molecule has 1 aliphatic carbocycles. The Morgan fingerprint density at radius 3 is 2.19 bits per heavy atom. The monoisotopic (exact) mass is 298 g/mol. The van der Waals surface area contributed by atoms with E-state index in [4.69, 9.17) is 5.11 Å². The molecule has 0 radical (unpaired) electrons. The zero-order chi connectivity index (χ0) is 15.8. The van der Waals surface area contributed by atoms with Crippen LogP contribution in [0.4, 0.5) is 0 Å². The molecule has 1 rings (SSSR count). The number of nitrogens with one attached hydrogen (secondary N) is 1. The molecule has 120 valence electrons. The van der Waals surface area contributed by atoms with E-state index in [1.165, 1.54) is 0 Å². The predicted molar refractivity (Wildman–Crippen MR) is 78.6 cm³/mol. The van der Waals surface area contributed by atoms with Crippen molar-refractivity contribution < 1.29 is 19.5 Å². The largest absolute Gasteiger partial charge is 0.481 e. The number of carbonyl (C=O) groups is 3. The van der Waals surface area contributed by atoms with Crippen LogP contribution < -0.4 is 5.32 Å². The van der Waals surface area contributed by atoms with Crippen LogP contribution in [-0.4, -0.2) is 47.4 Å².